The summed E-state index contributed by atoms with van der Waals surface area (Å²) in [6, 6.07) is 12.8. The van der Waals surface area contributed by atoms with Crippen LogP contribution >= 0.6 is 0 Å². The first kappa shape index (κ1) is 19.9. The number of hydrogen-bond acceptors (Lipinski definition) is 6. The Morgan fingerprint density at radius 3 is 1.13 bits per heavy atom. The summed E-state index contributed by atoms with van der Waals surface area (Å²) in [5, 5.41) is 0. The molecule has 6 heteroatoms. The summed E-state index contributed by atoms with van der Waals surface area (Å²) in [7, 11) is 0. The predicted molar refractivity (Wildman–Crippen MR) is 126 cm³/mol. The molecule has 158 valence electrons. The third-order valence-electron chi connectivity index (χ3n) is 6.32. The van der Waals surface area contributed by atoms with Crippen LogP contribution in [0.1, 0.15) is 67.7 Å². The Balaban J connectivity index is 1.50. The van der Waals surface area contributed by atoms with Gasteiger partial charge in [-0.05, 0) is 56.4 Å². The predicted octanol–water partition coefficient (Wildman–Crippen LogP) is 4.10. The van der Waals surface area contributed by atoms with E-state index in [9.17, 15) is 0 Å². The minimum Gasteiger partial charge on any atom is -0.285 e. The molecule has 0 aromatic carbocycles. The molecule has 2 aliphatic carbocycles. The summed E-state index contributed by atoms with van der Waals surface area (Å²) < 4.78 is 0. The van der Waals surface area contributed by atoms with Gasteiger partial charge in [-0.15, -0.1) is 0 Å². The molecule has 0 N–H and O–H groups in total. The van der Waals surface area contributed by atoms with E-state index in [1.807, 2.05) is 61.3 Å². The van der Waals surface area contributed by atoms with E-state index in [2.05, 4.69) is 0 Å². The van der Waals surface area contributed by atoms with Gasteiger partial charge in [-0.1, -0.05) is 25.0 Å². The van der Waals surface area contributed by atoms with Crippen molar-refractivity contribution in [1.29, 1.82) is 0 Å². The van der Waals surface area contributed by atoms with Crippen LogP contribution < -0.4 is 0 Å². The highest BCUT2D eigenvalue weighted by Gasteiger charge is 2.26. The molecule has 2 aromatic heterocycles. The van der Waals surface area contributed by atoms with E-state index in [0.717, 1.165) is 54.9 Å². The SMILES string of the molecule is C1=N[C@H]2CCC[C@@H]2N=Cc2cccc(n2)C=N[C@@H]2CCCC[C@H]2N=Cc2cccc1n2. The molecule has 3 heterocycles. The van der Waals surface area contributed by atoms with Crippen LogP contribution in [0.4, 0.5) is 0 Å². The van der Waals surface area contributed by atoms with Crippen molar-refractivity contribution in [3.8, 4) is 0 Å². The third-order valence-corrected chi connectivity index (χ3v) is 6.32. The zero-order chi connectivity index (χ0) is 20.9. The number of rotatable bonds is 0. The maximum absolute atomic E-state index is 4.88. The first-order valence-electron chi connectivity index (χ1n) is 11.4. The molecular weight excluding hydrogens is 384 g/mol. The second-order valence-electron chi connectivity index (χ2n) is 8.57. The van der Waals surface area contributed by atoms with Crippen LogP contribution in [-0.4, -0.2) is 59.0 Å². The van der Waals surface area contributed by atoms with Crippen LogP contribution in [0.15, 0.2) is 56.4 Å². The molecule has 1 aliphatic heterocycles. The van der Waals surface area contributed by atoms with Gasteiger partial charge < -0.3 is 0 Å². The lowest BCUT2D eigenvalue weighted by Crippen LogP contribution is -2.27. The zero-order valence-corrected chi connectivity index (χ0v) is 17.7. The van der Waals surface area contributed by atoms with Gasteiger partial charge in [0.05, 0.1) is 46.9 Å². The van der Waals surface area contributed by atoms with Crippen molar-refractivity contribution >= 4 is 24.9 Å². The van der Waals surface area contributed by atoms with Gasteiger partial charge in [-0.2, -0.15) is 0 Å². The quantitative estimate of drug-likeness (QED) is 0.653. The minimum atomic E-state index is 0.187. The van der Waals surface area contributed by atoms with Crippen LogP contribution in [0.2, 0.25) is 0 Å². The molecule has 6 nitrogen and oxygen atoms in total. The Hall–Kier alpha value is -3.02. The molecule has 0 spiro atoms. The van der Waals surface area contributed by atoms with E-state index in [1.165, 1.54) is 12.8 Å². The molecular formula is C25H28N6. The van der Waals surface area contributed by atoms with Crippen LogP contribution in [0.25, 0.3) is 0 Å². The maximum Gasteiger partial charge on any atom is 0.0815 e. The number of pyridine rings is 2. The number of hydrogen-bond donors (Lipinski definition) is 0. The van der Waals surface area contributed by atoms with Gasteiger partial charge in [0.2, 0.25) is 0 Å². The molecule has 4 bridgehead atoms. The van der Waals surface area contributed by atoms with Crippen LogP contribution in [0.3, 0.4) is 0 Å². The Labute approximate surface area is 183 Å². The highest BCUT2D eigenvalue weighted by molar-refractivity contribution is 5.83. The number of nitrogens with zero attached hydrogens (tertiary/aromatic N) is 6. The van der Waals surface area contributed by atoms with Gasteiger partial charge in [0.1, 0.15) is 0 Å². The average molecular weight is 413 g/mol. The lowest BCUT2D eigenvalue weighted by molar-refractivity contribution is 0.390. The van der Waals surface area contributed by atoms with Crippen molar-refractivity contribution < 1.29 is 0 Å². The Morgan fingerprint density at radius 2 is 0.774 bits per heavy atom. The second kappa shape index (κ2) is 9.41. The number of fused-ring (bicyclic) bond motifs is 6. The minimum absolute atomic E-state index is 0.187. The topological polar surface area (TPSA) is 75.2 Å². The fourth-order valence-corrected chi connectivity index (χ4v) is 4.62. The van der Waals surface area contributed by atoms with Crippen LogP contribution in [0, 0.1) is 0 Å². The normalized spacial score (nSPS) is 27.9. The van der Waals surface area contributed by atoms with E-state index in [1.54, 1.807) is 0 Å². The summed E-state index contributed by atoms with van der Waals surface area (Å²) in [6.07, 6.45) is 15.4. The molecule has 5 rings (SSSR count). The van der Waals surface area contributed by atoms with Crippen molar-refractivity contribution in [2.75, 3.05) is 0 Å². The maximum atomic E-state index is 4.88. The zero-order valence-electron chi connectivity index (χ0n) is 17.7. The Morgan fingerprint density at radius 1 is 0.452 bits per heavy atom. The Kier molecular flexibility index (Phi) is 6.05. The van der Waals surface area contributed by atoms with Crippen molar-refractivity contribution in [3.05, 3.63) is 59.2 Å². The van der Waals surface area contributed by atoms with Crippen molar-refractivity contribution in [3.63, 3.8) is 0 Å². The number of aliphatic imine (C=N–C) groups is 4. The molecule has 2 fully saturated rings. The lowest BCUT2D eigenvalue weighted by atomic mass is 9.91. The van der Waals surface area contributed by atoms with Crippen molar-refractivity contribution in [1.82, 2.24) is 9.97 Å². The summed E-state index contributed by atoms with van der Waals surface area (Å²) in [6.45, 7) is 0. The summed E-state index contributed by atoms with van der Waals surface area (Å²) in [4.78, 5) is 28.9. The summed E-state index contributed by atoms with van der Waals surface area (Å²) in [5.41, 5.74) is 3.47. The van der Waals surface area contributed by atoms with E-state index in [4.69, 9.17) is 29.9 Å². The van der Waals surface area contributed by atoms with Gasteiger partial charge >= 0.3 is 0 Å². The molecule has 0 unspecified atom stereocenters. The van der Waals surface area contributed by atoms with Gasteiger partial charge in [0, 0.05) is 24.9 Å². The molecule has 0 amide bonds. The monoisotopic (exact) mass is 412 g/mol. The van der Waals surface area contributed by atoms with E-state index in [-0.39, 0.29) is 24.2 Å². The third kappa shape index (κ3) is 5.01. The molecule has 0 saturated heterocycles. The lowest BCUT2D eigenvalue weighted by Gasteiger charge is -2.25. The van der Waals surface area contributed by atoms with Crippen molar-refractivity contribution in [2.45, 2.75) is 69.1 Å². The van der Waals surface area contributed by atoms with Crippen LogP contribution in [0.5, 0.6) is 0 Å². The molecule has 2 saturated carbocycles. The first-order chi connectivity index (χ1) is 15.3. The van der Waals surface area contributed by atoms with E-state index >= 15 is 0 Å². The van der Waals surface area contributed by atoms with Gasteiger partial charge in [-0.3, -0.25) is 20.0 Å². The van der Waals surface area contributed by atoms with E-state index < -0.39 is 0 Å². The summed E-state index contributed by atoms with van der Waals surface area (Å²) >= 11 is 0. The van der Waals surface area contributed by atoms with Gasteiger partial charge in [0.25, 0.3) is 0 Å². The van der Waals surface area contributed by atoms with Crippen molar-refractivity contribution in [2.24, 2.45) is 20.0 Å². The highest BCUT2D eigenvalue weighted by Crippen LogP contribution is 2.25. The first-order valence-corrected chi connectivity index (χ1v) is 11.4. The fraction of sp³-hybridized carbons (Fsp3) is 0.440. The molecule has 2 aromatic rings. The second-order valence-corrected chi connectivity index (χ2v) is 8.57. The molecule has 0 radical (unpaired) electrons. The molecule has 3 aliphatic rings. The van der Waals surface area contributed by atoms with E-state index in [0.29, 0.717) is 0 Å². The standard InChI is InChI=1S/C25H28N6/c1-2-11-23-22(10-1)26-14-18-6-3-8-20(30-18)16-28-24-12-5-13-25(24)29-17-21-9-4-7-19(31-21)15-27-23/h3-4,6-9,14-17,22-25H,1-2,5,10-13H2/t22-,23-,24+,25+/m1/s1. The Bertz CT molecular complexity index is 943. The fourth-order valence-electron chi connectivity index (χ4n) is 4.62. The smallest absolute Gasteiger partial charge is 0.0815 e. The summed E-state index contributed by atoms with van der Waals surface area (Å²) in [5.74, 6) is 0. The molecule has 4 atom stereocenters. The average Bonchev–Trinajstić information content (AvgIpc) is 3.27. The molecule has 31 heavy (non-hydrogen) atoms. The largest absolute Gasteiger partial charge is 0.285 e. The highest BCUT2D eigenvalue weighted by atomic mass is 14.9. The van der Waals surface area contributed by atoms with Gasteiger partial charge in [-0.25, -0.2) is 9.97 Å². The van der Waals surface area contributed by atoms with Crippen LogP contribution in [-0.2, 0) is 0 Å². The number of aromatic nitrogens is 2. The van der Waals surface area contributed by atoms with Gasteiger partial charge in [0.15, 0.2) is 0 Å².